The van der Waals surface area contributed by atoms with Gasteiger partial charge in [0.2, 0.25) is 0 Å². The third-order valence-corrected chi connectivity index (χ3v) is 3.99. The molecule has 5 atom stereocenters. The first-order valence-corrected chi connectivity index (χ1v) is 7.53. The van der Waals surface area contributed by atoms with Crippen molar-refractivity contribution in [1.29, 1.82) is 0 Å². The molecular weight excluding hydrogens is 286 g/mol. The SMILES string of the molecule is CC1(C)OCC2OC(OCc3ccccc3)C(N)C(O)C2O1. The molecule has 0 aliphatic carbocycles. The molecule has 0 saturated carbocycles. The number of fused-ring (bicyclic) bond motifs is 1. The van der Waals surface area contributed by atoms with Crippen LogP contribution in [0.4, 0.5) is 0 Å². The van der Waals surface area contributed by atoms with Gasteiger partial charge in [0.25, 0.3) is 0 Å². The van der Waals surface area contributed by atoms with Crippen molar-refractivity contribution in [3.8, 4) is 0 Å². The summed E-state index contributed by atoms with van der Waals surface area (Å²) < 4.78 is 22.9. The van der Waals surface area contributed by atoms with Gasteiger partial charge in [0.1, 0.15) is 18.3 Å². The highest BCUT2D eigenvalue weighted by atomic mass is 16.8. The lowest BCUT2D eigenvalue weighted by Gasteiger charge is -2.49. The highest BCUT2D eigenvalue weighted by Gasteiger charge is 2.49. The van der Waals surface area contributed by atoms with Crippen LogP contribution >= 0.6 is 0 Å². The van der Waals surface area contributed by atoms with Crippen molar-refractivity contribution in [2.75, 3.05) is 6.61 Å². The van der Waals surface area contributed by atoms with Gasteiger partial charge in [-0.05, 0) is 19.4 Å². The largest absolute Gasteiger partial charge is 0.388 e. The Bertz CT molecular complexity index is 493. The topological polar surface area (TPSA) is 83.2 Å². The summed E-state index contributed by atoms with van der Waals surface area (Å²) in [5.74, 6) is -0.747. The van der Waals surface area contributed by atoms with Crippen LogP contribution in [0.25, 0.3) is 0 Å². The molecule has 0 spiro atoms. The minimum atomic E-state index is -0.859. The fourth-order valence-electron chi connectivity index (χ4n) is 2.77. The Kier molecular flexibility index (Phi) is 4.49. The molecule has 1 aromatic rings. The van der Waals surface area contributed by atoms with Crippen molar-refractivity contribution in [3.63, 3.8) is 0 Å². The second kappa shape index (κ2) is 6.23. The molecule has 6 heteroatoms. The van der Waals surface area contributed by atoms with E-state index >= 15 is 0 Å². The highest BCUT2D eigenvalue weighted by molar-refractivity contribution is 5.13. The summed E-state index contributed by atoms with van der Waals surface area (Å²) in [7, 11) is 0. The molecule has 3 rings (SSSR count). The van der Waals surface area contributed by atoms with E-state index in [1.807, 2.05) is 30.3 Å². The van der Waals surface area contributed by atoms with Gasteiger partial charge in [-0.15, -0.1) is 0 Å². The van der Waals surface area contributed by atoms with E-state index in [0.29, 0.717) is 13.2 Å². The first-order valence-electron chi connectivity index (χ1n) is 7.53. The van der Waals surface area contributed by atoms with E-state index in [2.05, 4.69) is 0 Å². The predicted molar refractivity (Wildman–Crippen MR) is 78.8 cm³/mol. The van der Waals surface area contributed by atoms with Gasteiger partial charge in [-0.2, -0.15) is 0 Å². The Morgan fingerprint density at radius 3 is 2.77 bits per heavy atom. The fraction of sp³-hybridized carbons (Fsp3) is 0.625. The number of aliphatic hydroxyl groups is 1. The van der Waals surface area contributed by atoms with Crippen LogP contribution in [0.15, 0.2) is 30.3 Å². The maximum absolute atomic E-state index is 10.4. The molecule has 2 heterocycles. The maximum Gasteiger partial charge on any atom is 0.176 e. The van der Waals surface area contributed by atoms with Gasteiger partial charge in [-0.25, -0.2) is 0 Å². The van der Waals surface area contributed by atoms with Crippen LogP contribution in [-0.2, 0) is 25.6 Å². The molecule has 2 saturated heterocycles. The first kappa shape index (κ1) is 15.9. The van der Waals surface area contributed by atoms with E-state index in [-0.39, 0.29) is 6.10 Å². The Balaban J connectivity index is 1.63. The lowest BCUT2D eigenvalue weighted by Crippen LogP contribution is -2.67. The van der Waals surface area contributed by atoms with Crippen LogP contribution in [-0.4, -0.2) is 48.1 Å². The first-order chi connectivity index (χ1) is 10.5. The molecular formula is C16H23NO5. The molecule has 22 heavy (non-hydrogen) atoms. The molecule has 0 radical (unpaired) electrons. The normalized spacial score (nSPS) is 37.5. The number of rotatable bonds is 3. The Hall–Kier alpha value is -1.02. The van der Waals surface area contributed by atoms with E-state index in [4.69, 9.17) is 24.7 Å². The zero-order valence-electron chi connectivity index (χ0n) is 12.8. The monoisotopic (exact) mass is 309 g/mol. The molecule has 2 aliphatic heterocycles. The van der Waals surface area contributed by atoms with Crippen molar-refractivity contribution in [3.05, 3.63) is 35.9 Å². The van der Waals surface area contributed by atoms with Crippen molar-refractivity contribution >= 4 is 0 Å². The quantitative estimate of drug-likeness (QED) is 0.858. The standard InChI is InChI=1S/C16H23NO5/c1-16(2)20-9-11-14(22-16)13(18)12(17)15(21-11)19-8-10-6-4-3-5-7-10/h3-7,11-15,18H,8-9,17H2,1-2H3. The second-order valence-corrected chi connectivity index (χ2v) is 6.20. The van der Waals surface area contributed by atoms with Gasteiger partial charge >= 0.3 is 0 Å². The number of aliphatic hydroxyl groups excluding tert-OH is 1. The highest BCUT2D eigenvalue weighted by Crippen LogP contribution is 2.32. The maximum atomic E-state index is 10.4. The summed E-state index contributed by atoms with van der Waals surface area (Å²) in [6, 6.07) is 9.08. The lowest BCUT2D eigenvalue weighted by atomic mass is 9.96. The number of nitrogens with two attached hydrogens (primary N) is 1. The molecule has 122 valence electrons. The van der Waals surface area contributed by atoms with E-state index < -0.39 is 30.3 Å². The minimum Gasteiger partial charge on any atom is -0.388 e. The van der Waals surface area contributed by atoms with Gasteiger partial charge < -0.3 is 29.8 Å². The van der Waals surface area contributed by atoms with Gasteiger partial charge in [0, 0.05) is 0 Å². The molecule has 3 N–H and O–H groups in total. The van der Waals surface area contributed by atoms with E-state index in [1.54, 1.807) is 13.8 Å². The van der Waals surface area contributed by atoms with Crippen molar-refractivity contribution in [2.24, 2.45) is 5.73 Å². The molecule has 0 bridgehead atoms. The van der Waals surface area contributed by atoms with E-state index in [0.717, 1.165) is 5.56 Å². The Morgan fingerprint density at radius 2 is 2.05 bits per heavy atom. The summed E-state index contributed by atoms with van der Waals surface area (Å²) in [4.78, 5) is 0. The molecule has 1 aromatic carbocycles. The van der Waals surface area contributed by atoms with Crippen LogP contribution in [0.5, 0.6) is 0 Å². The van der Waals surface area contributed by atoms with Crippen LogP contribution in [0.2, 0.25) is 0 Å². The van der Waals surface area contributed by atoms with E-state index in [9.17, 15) is 5.11 Å². The van der Waals surface area contributed by atoms with Gasteiger partial charge in [-0.1, -0.05) is 30.3 Å². The summed E-state index contributed by atoms with van der Waals surface area (Å²) in [5, 5.41) is 10.4. The van der Waals surface area contributed by atoms with Gasteiger partial charge in [0.05, 0.1) is 19.3 Å². The average molecular weight is 309 g/mol. The number of benzene rings is 1. The second-order valence-electron chi connectivity index (χ2n) is 6.20. The summed E-state index contributed by atoms with van der Waals surface area (Å²) >= 11 is 0. The third-order valence-electron chi connectivity index (χ3n) is 3.99. The molecule has 5 unspecified atom stereocenters. The van der Waals surface area contributed by atoms with Crippen LogP contribution in [0, 0.1) is 0 Å². The number of ether oxygens (including phenoxy) is 4. The zero-order chi connectivity index (χ0) is 15.7. The van der Waals surface area contributed by atoms with E-state index in [1.165, 1.54) is 0 Å². The smallest absolute Gasteiger partial charge is 0.176 e. The third kappa shape index (κ3) is 3.32. The fourth-order valence-corrected chi connectivity index (χ4v) is 2.77. The lowest BCUT2D eigenvalue weighted by molar-refractivity contribution is -0.368. The van der Waals surface area contributed by atoms with Crippen molar-refractivity contribution in [1.82, 2.24) is 0 Å². The predicted octanol–water partition coefficient (Wildman–Crippen LogP) is 0.768. The van der Waals surface area contributed by atoms with Crippen molar-refractivity contribution < 1.29 is 24.1 Å². The molecule has 2 aliphatic rings. The summed E-state index contributed by atoms with van der Waals surface area (Å²) in [6.45, 7) is 4.32. The summed E-state index contributed by atoms with van der Waals surface area (Å²) in [5.41, 5.74) is 7.08. The zero-order valence-corrected chi connectivity index (χ0v) is 12.8. The van der Waals surface area contributed by atoms with Crippen molar-refractivity contribution in [2.45, 2.75) is 56.9 Å². The Morgan fingerprint density at radius 1 is 1.32 bits per heavy atom. The molecule has 0 aromatic heterocycles. The Labute approximate surface area is 130 Å². The van der Waals surface area contributed by atoms with Crippen LogP contribution in [0.3, 0.4) is 0 Å². The van der Waals surface area contributed by atoms with Crippen LogP contribution in [0.1, 0.15) is 19.4 Å². The van der Waals surface area contributed by atoms with Crippen LogP contribution < -0.4 is 5.73 Å². The molecule has 6 nitrogen and oxygen atoms in total. The molecule has 0 amide bonds. The average Bonchev–Trinajstić information content (AvgIpc) is 2.51. The minimum absolute atomic E-state index is 0.340. The van der Waals surface area contributed by atoms with Gasteiger partial charge in [-0.3, -0.25) is 0 Å². The number of hydrogen-bond acceptors (Lipinski definition) is 6. The molecule has 2 fully saturated rings. The number of hydrogen-bond donors (Lipinski definition) is 2. The summed E-state index contributed by atoms with van der Waals surface area (Å²) in [6.07, 6.45) is -2.44. The van der Waals surface area contributed by atoms with Gasteiger partial charge in [0.15, 0.2) is 12.1 Å².